The van der Waals surface area contributed by atoms with E-state index in [1.54, 1.807) is 19.2 Å². The van der Waals surface area contributed by atoms with Crippen LogP contribution in [0.15, 0.2) is 59.1 Å². The van der Waals surface area contributed by atoms with Gasteiger partial charge in [-0.2, -0.15) is 0 Å². The molecule has 3 aromatic carbocycles. The number of methoxy groups -OCH3 is 1. The van der Waals surface area contributed by atoms with Crippen LogP contribution in [0.2, 0.25) is 5.02 Å². The Morgan fingerprint density at radius 2 is 1.97 bits per heavy atom. The molecule has 0 saturated heterocycles. The Bertz CT molecular complexity index is 1160. The van der Waals surface area contributed by atoms with Crippen molar-refractivity contribution in [2.45, 2.75) is 19.7 Å². The third kappa shape index (κ3) is 5.01. The first-order valence-electron chi connectivity index (χ1n) is 9.61. The van der Waals surface area contributed by atoms with Gasteiger partial charge in [0, 0.05) is 12.1 Å². The summed E-state index contributed by atoms with van der Waals surface area (Å²) < 4.78 is 26.1. The quantitative estimate of drug-likeness (QED) is 0.309. The average molecular weight is 505 g/mol. The molecule has 0 aliphatic carbocycles. The molecule has 4 aromatic rings. The van der Waals surface area contributed by atoms with Gasteiger partial charge in [-0.25, -0.2) is 9.37 Å². The van der Waals surface area contributed by atoms with E-state index in [1.165, 1.54) is 6.07 Å². The molecule has 0 saturated carbocycles. The van der Waals surface area contributed by atoms with Crippen molar-refractivity contribution < 1.29 is 13.9 Å². The fourth-order valence-electron chi connectivity index (χ4n) is 3.24. The number of fused-ring (bicyclic) bond motifs is 1. The van der Waals surface area contributed by atoms with E-state index < -0.39 is 5.82 Å². The maximum atomic E-state index is 14.0. The van der Waals surface area contributed by atoms with Crippen LogP contribution in [0, 0.1) is 5.82 Å². The van der Waals surface area contributed by atoms with Crippen LogP contribution in [0.1, 0.15) is 17.0 Å². The monoisotopic (exact) mass is 503 g/mol. The Morgan fingerprint density at radius 1 is 1.13 bits per heavy atom. The number of nitrogens with one attached hydrogen (secondary N) is 2. The molecule has 4 rings (SSSR count). The molecule has 0 aliphatic heterocycles. The van der Waals surface area contributed by atoms with Gasteiger partial charge in [0.1, 0.15) is 18.2 Å². The van der Waals surface area contributed by atoms with E-state index in [4.69, 9.17) is 21.1 Å². The van der Waals surface area contributed by atoms with Gasteiger partial charge in [-0.15, -0.1) is 0 Å². The van der Waals surface area contributed by atoms with Gasteiger partial charge in [0.2, 0.25) is 0 Å². The Hall–Kier alpha value is -2.61. The number of rotatable bonds is 8. The van der Waals surface area contributed by atoms with Crippen LogP contribution >= 0.6 is 27.5 Å². The zero-order valence-corrected chi connectivity index (χ0v) is 19.1. The molecular weight excluding hydrogens is 485 g/mol. The van der Waals surface area contributed by atoms with E-state index in [2.05, 4.69) is 31.2 Å². The molecule has 1 heterocycles. The number of hydrogen-bond acceptors (Lipinski definition) is 4. The molecule has 0 amide bonds. The van der Waals surface area contributed by atoms with Crippen LogP contribution in [-0.4, -0.2) is 17.1 Å². The lowest BCUT2D eigenvalue weighted by Crippen LogP contribution is -2.14. The topological polar surface area (TPSA) is 59.2 Å². The molecule has 0 fully saturated rings. The Kier molecular flexibility index (Phi) is 6.75. The third-order valence-corrected chi connectivity index (χ3v) is 5.71. The highest BCUT2D eigenvalue weighted by atomic mass is 79.9. The van der Waals surface area contributed by atoms with Gasteiger partial charge in [0.25, 0.3) is 0 Å². The number of H-pyrrole nitrogens is 1. The Labute approximate surface area is 192 Å². The van der Waals surface area contributed by atoms with Gasteiger partial charge < -0.3 is 19.8 Å². The van der Waals surface area contributed by atoms with Crippen molar-refractivity contribution in [3.8, 4) is 11.5 Å². The first kappa shape index (κ1) is 21.6. The summed E-state index contributed by atoms with van der Waals surface area (Å²) in [6, 6.07) is 16.3. The number of aromatic amines is 1. The molecule has 2 N–H and O–H groups in total. The smallest absolute Gasteiger partial charge is 0.175 e. The van der Waals surface area contributed by atoms with E-state index in [0.717, 1.165) is 22.4 Å². The van der Waals surface area contributed by atoms with Crippen molar-refractivity contribution in [2.24, 2.45) is 0 Å². The first-order chi connectivity index (χ1) is 15.0. The second-order valence-electron chi connectivity index (χ2n) is 6.90. The molecule has 0 radical (unpaired) electrons. The van der Waals surface area contributed by atoms with Crippen LogP contribution in [0.25, 0.3) is 11.0 Å². The van der Waals surface area contributed by atoms with Crippen molar-refractivity contribution in [3.63, 3.8) is 0 Å². The highest BCUT2D eigenvalue weighted by Gasteiger charge is 2.15. The van der Waals surface area contributed by atoms with Crippen LogP contribution in [0.4, 0.5) is 4.39 Å². The summed E-state index contributed by atoms with van der Waals surface area (Å²) in [5, 5.41) is 3.69. The number of hydrogen-bond donors (Lipinski definition) is 2. The highest BCUT2D eigenvalue weighted by molar-refractivity contribution is 9.10. The van der Waals surface area contributed by atoms with E-state index in [9.17, 15) is 4.39 Å². The van der Waals surface area contributed by atoms with Gasteiger partial charge in [-0.1, -0.05) is 29.8 Å². The van der Waals surface area contributed by atoms with Gasteiger partial charge in [-0.05, 0) is 57.9 Å². The molecule has 0 unspecified atom stereocenters. The summed E-state index contributed by atoms with van der Waals surface area (Å²) in [5.41, 5.74) is 3.26. The first-order valence-corrected chi connectivity index (χ1v) is 10.8. The largest absolute Gasteiger partial charge is 0.493 e. The summed E-state index contributed by atoms with van der Waals surface area (Å²) in [4.78, 5) is 7.86. The molecule has 0 aliphatic rings. The van der Waals surface area contributed by atoms with E-state index in [1.807, 2.05) is 36.4 Å². The van der Waals surface area contributed by atoms with E-state index in [0.29, 0.717) is 39.6 Å². The van der Waals surface area contributed by atoms with Crippen LogP contribution in [0.3, 0.4) is 0 Å². The van der Waals surface area contributed by atoms with Crippen molar-refractivity contribution in [1.29, 1.82) is 0 Å². The predicted octanol–water partition coefficient (Wildman–Crippen LogP) is 6.00. The maximum absolute atomic E-state index is 14.0. The lowest BCUT2D eigenvalue weighted by Gasteiger charge is -2.15. The molecule has 1 aromatic heterocycles. The minimum atomic E-state index is -0.408. The summed E-state index contributed by atoms with van der Waals surface area (Å²) in [6.45, 7) is 1.19. The number of para-hydroxylation sites is 2. The van der Waals surface area contributed by atoms with Crippen molar-refractivity contribution in [3.05, 3.63) is 86.9 Å². The fourth-order valence-corrected chi connectivity index (χ4v) is 4.07. The normalized spacial score (nSPS) is 11.1. The minimum absolute atomic E-state index is 0.00981. The average Bonchev–Trinajstić information content (AvgIpc) is 3.17. The molecule has 160 valence electrons. The molecule has 0 bridgehead atoms. The summed E-state index contributed by atoms with van der Waals surface area (Å²) >= 11 is 9.62. The molecule has 5 nitrogen and oxygen atoms in total. The fraction of sp³-hybridized carbons (Fsp3) is 0.174. The number of ether oxygens (including phenoxy) is 2. The summed E-state index contributed by atoms with van der Waals surface area (Å²) in [5.74, 6) is 1.49. The summed E-state index contributed by atoms with van der Waals surface area (Å²) in [6.07, 6.45) is 0. The van der Waals surface area contributed by atoms with Crippen LogP contribution in [-0.2, 0) is 19.7 Å². The zero-order valence-electron chi connectivity index (χ0n) is 16.7. The molecule has 8 heteroatoms. The van der Waals surface area contributed by atoms with Crippen molar-refractivity contribution in [2.75, 3.05) is 7.11 Å². The number of benzene rings is 3. The lowest BCUT2D eigenvalue weighted by molar-refractivity contribution is 0.277. The van der Waals surface area contributed by atoms with E-state index >= 15 is 0 Å². The lowest BCUT2D eigenvalue weighted by atomic mass is 10.2. The third-order valence-electron chi connectivity index (χ3n) is 4.77. The van der Waals surface area contributed by atoms with Crippen LogP contribution in [0.5, 0.6) is 11.5 Å². The Morgan fingerprint density at radius 3 is 2.74 bits per heavy atom. The second-order valence-corrected chi connectivity index (χ2v) is 8.16. The van der Waals surface area contributed by atoms with Crippen molar-refractivity contribution in [1.82, 2.24) is 15.3 Å². The molecule has 0 atom stereocenters. The van der Waals surface area contributed by atoms with Gasteiger partial charge in [-0.3, -0.25) is 0 Å². The maximum Gasteiger partial charge on any atom is 0.175 e. The predicted molar refractivity (Wildman–Crippen MR) is 123 cm³/mol. The SMILES string of the molecule is COc1cc(CNCc2nc3ccccc3[nH]2)cc(Br)c1OCc1c(F)cccc1Cl. The van der Waals surface area contributed by atoms with Gasteiger partial charge in [0.05, 0.1) is 34.2 Å². The highest BCUT2D eigenvalue weighted by Crippen LogP contribution is 2.37. The molecule has 31 heavy (non-hydrogen) atoms. The van der Waals surface area contributed by atoms with Crippen LogP contribution < -0.4 is 14.8 Å². The zero-order chi connectivity index (χ0) is 21.8. The number of halogens is 3. The summed E-state index contributed by atoms with van der Waals surface area (Å²) in [7, 11) is 1.57. The Balaban J connectivity index is 1.43. The number of nitrogens with zero attached hydrogens (tertiary/aromatic N) is 1. The van der Waals surface area contributed by atoms with E-state index in [-0.39, 0.29) is 6.61 Å². The minimum Gasteiger partial charge on any atom is -0.493 e. The standard InChI is InChI=1S/C23H20BrClFN3O2/c1-30-21-10-14(11-27-12-22-28-19-7-2-3-8-20(19)29-22)9-16(24)23(21)31-13-15-17(25)5-4-6-18(15)26/h2-10,27H,11-13H2,1H3,(H,28,29). The number of aromatic nitrogens is 2. The number of imidazole rings is 1. The molecule has 0 spiro atoms. The van der Waals surface area contributed by atoms with Gasteiger partial charge in [0.15, 0.2) is 11.5 Å². The van der Waals surface area contributed by atoms with Gasteiger partial charge >= 0.3 is 0 Å². The van der Waals surface area contributed by atoms with Crippen molar-refractivity contribution >= 4 is 38.6 Å². The second kappa shape index (κ2) is 9.68. The molecular formula is C23H20BrClFN3O2.